The summed E-state index contributed by atoms with van der Waals surface area (Å²) in [5, 5.41) is 2.87. The van der Waals surface area contributed by atoms with Crippen LogP contribution < -0.4 is 0 Å². The van der Waals surface area contributed by atoms with Gasteiger partial charge >= 0.3 is 4.84 Å². The third-order valence-electron chi connectivity index (χ3n) is 3.56. The smallest absolute Gasteiger partial charge is 0.314 e. The van der Waals surface area contributed by atoms with E-state index >= 15 is 0 Å². The van der Waals surface area contributed by atoms with Gasteiger partial charge in [0.2, 0.25) is 0 Å². The van der Waals surface area contributed by atoms with E-state index in [1.165, 1.54) is 5.56 Å². The van der Waals surface area contributed by atoms with Gasteiger partial charge in [-0.1, -0.05) is 30.3 Å². The first-order valence-electron chi connectivity index (χ1n) is 6.00. The van der Waals surface area contributed by atoms with Crippen molar-refractivity contribution in [1.29, 1.82) is 0 Å². The quantitative estimate of drug-likeness (QED) is 0.845. The summed E-state index contributed by atoms with van der Waals surface area (Å²) in [6, 6.07) is 10.3. The summed E-state index contributed by atoms with van der Waals surface area (Å²) < 4.78 is 10.6. The van der Waals surface area contributed by atoms with Crippen LogP contribution >= 0.6 is 12.2 Å². The minimum Gasteiger partial charge on any atom is -0.381 e. The molecule has 1 saturated heterocycles. The minimum absolute atomic E-state index is 0.167. The Morgan fingerprint density at radius 3 is 2.50 bits per heavy atom. The molecule has 1 fully saturated rings. The molecule has 1 aromatic carbocycles. The second kappa shape index (κ2) is 4.66. The molecule has 4 nitrogen and oxygen atoms in total. The molecule has 1 aromatic heterocycles. The van der Waals surface area contributed by atoms with Crippen LogP contribution in [0.2, 0.25) is 0 Å². The topological polar surface area (TPSA) is 51.0 Å². The highest BCUT2D eigenvalue weighted by Gasteiger charge is 2.39. The number of rotatable bonds is 2. The Balaban J connectivity index is 2.12. The number of H-pyrrole nitrogens is 1. The maximum Gasteiger partial charge on any atom is 0.314 e. The van der Waals surface area contributed by atoms with Gasteiger partial charge in [0.05, 0.1) is 5.41 Å². The van der Waals surface area contributed by atoms with Crippen molar-refractivity contribution in [3.8, 4) is 0 Å². The number of aromatic amines is 1. The van der Waals surface area contributed by atoms with Crippen LogP contribution in [0.1, 0.15) is 24.2 Å². The zero-order valence-corrected chi connectivity index (χ0v) is 10.7. The fourth-order valence-corrected chi connectivity index (χ4v) is 2.71. The van der Waals surface area contributed by atoms with Crippen molar-refractivity contribution < 1.29 is 9.26 Å². The number of hydrogen-bond acceptors (Lipinski definition) is 4. The molecule has 0 radical (unpaired) electrons. The van der Waals surface area contributed by atoms with Crippen molar-refractivity contribution in [2.75, 3.05) is 13.2 Å². The van der Waals surface area contributed by atoms with Gasteiger partial charge in [0.1, 0.15) is 0 Å². The van der Waals surface area contributed by atoms with Crippen molar-refractivity contribution >= 4 is 12.2 Å². The summed E-state index contributed by atoms with van der Waals surface area (Å²) in [4.78, 5) is 4.58. The van der Waals surface area contributed by atoms with Crippen LogP contribution in [0, 0.1) is 4.84 Å². The number of ether oxygens (including phenoxy) is 1. The van der Waals surface area contributed by atoms with Crippen LogP contribution in [-0.4, -0.2) is 23.4 Å². The SMILES string of the molecule is S=c1nc(C2(c3ccccc3)CCOCC2)[nH]o1. The number of nitrogens with zero attached hydrogens (tertiary/aromatic N) is 1. The van der Waals surface area contributed by atoms with Crippen molar-refractivity contribution in [3.05, 3.63) is 46.6 Å². The van der Waals surface area contributed by atoms with Gasteiger partial charge in [-0.15, -0.1) is 0 Å². The number of nitrogens with one attached hydrogen (secondary N) is 1. The van der Waals surface area contributed by atoms with Crippen LogP contribution in [0.3, 0.4) is 0 Å². The molecule has 3 rings (SSSR count). The van der Waals surface area contributed by atoms with Crippen LogP contribution in [0.5, 0.6) is 0 Å². The van der Waals surface area contributed by atoms with Crippen molar-refractivity contribution in [2.45, 2.75) is 18.3 Å². The first-order chi connectivity index (χ1) is 8.81. The molecule has 94 valence electrons. The molecule has 0 spiro atoms. The lowest BCUT2D eigenvalue weighted by atomic mass is 9.73. The zero-order chi connectivity index (χ0) is 12.4. The fourth-order valence-electron chi connectivity index (χ4n) is 2.57. The molecular formula is C13H14N2O2S. The average Bonchev–Trinajstić information content (AvgIpc) is 2.88. The largest absolute Gasteiger partial charge is 0.381 e. The standard InChI is InChI=1S/C13H14N2O2S/c18-12-14-11(15-17-12)13(6-8-16-9-7-13)10-4-2-1-3-5-10/h1-5H,6-9H2,(H,14,15,18). The summed E-state index contributed by atoms with van der Waals surface area (Å²) in [6.07, 6.45) is 1.77. The summed E-state index contributed by atoms with van der Waals surface area (Å²) in [5.74, 6) is 0.807. The lowest BCUT2D eigenvalue weighted by Gasteiger charge is -2.35. The van der Waals surface area contributed by atoms with Gasteiger partial charge in [0.25, 0.3) is 0 Å². The van der Waals surface area contributed by atoms with Crippen LogP contribution in [-0.2, 0) is 10.2 Å². The van der Waals surface area contributed by atoms with Gasteiger partial charge < -0.3 is 9.26 Å². The highest BCUT2D eigenvalue weighted by Crippen LogP contribution is 2.39. The van der Waals surface area contributed by atoms with E-state index in [1.54, 1.807) is 0 Å². The van der Waals surface area contributed by atoms with Gasteiger partial charge in [0.15, 0.2) is 5.82 Å². The molecule has 2 heterocycles. The predicted octanol–water partition coefficient (Wildman–Crippen LogP) is 2.83. The summed E-state index contributed by atoms with van der Waals surface area (Å²) >= 11 is 4.96. The Labute approximate surface area is 110 Å². The summed E-state index contributed by atoms with van der Waals surface area (Å²) in [7, 11) is 0. The molecule has 5 heteroatoms. The van der Waals surface area contributed by atoms with E-state index in [4.69, 9.17) is 21.5 Å². The van der Waals surface area contributed by atoms with Crippen molar-refractivity contribution in [3.63, 3.8) is 0 Å². The molecular weight excluding hydrogens is 248 g/mol. The second-order valence-corrected chi connectivity index (χ2v) is 4.84. The second-order valence-electron chi connectivity index (χ2n) is 4.49. The highest BCUT2D eigenvalue weighted by molar-refractivity contribution is 7.71. The van der Waals surface area contributed by atoms with Crippen molar-refractivity contribution in [2.24, 2.45) is 0 Å². The third kappa shape index (κ3) is 1.89. The normalized spacial score (nSPS) is 18.7. The third-order valence-corrected chi connectivity index (χ3v) is 3.74. The van der Waals surface area contributed by atoms with Gasteiger partial charge in [0, 0.05) is 13.2 Å². The zero-order valence-electron chi connectivity index (χ0n) is 9.89. The molecule has 2 aromatic rings. The molecule has 0 unspecified atom stereocenters. The highest BCUT2D eigenvalue weighted by atomic mass is 32.1. The Kier molecular flexibility index (Phi) is 3.01. The van der Waals surface area contributed by atoms with Gasteiger partial charge in [-0.05, 0) is 30.6 Å². The van der Waals surface area contributed by atoms with Gasteiger partial charge in [-0.2, -0.15) is 4.98 Å². The minimum atomic E-state index is -0.167. The number of hydrogen-bond donors (Lipinski definition) is 1. The van der Waals surface area contributed by atoms with E-state index in [2.05, 4.69) is 22.3 Å². The Hall–Kier alpha value is -1.46. The van der Waals surface area contributed by atoms with E-state index in [1.807, 2.05) is 18.2 Å². The number of aromatic nitrogens is 2. The molecule has 1 aliphatic rings. The van der Waals surface area contributed by atoms with Crippen LogP contribution in [0.4, 0.5) is 0 Å². The maximum absolute atomic E-state index is 5.48. The molecule has 0 aliphatic carbocycles. The molecule has 0 saturated carbocycles. The van der Waals surface area contributed by atoms with E-state index in [0.29, 0.717) is 0 Å². The molecule has 1 N–H and O–H groups in total. The van der Waals surface area contributed by atoms with Crippen molar-refractivity contribution in [1.82, 2.24) is 10.1 Å². The molecule has 18 heavy (non-hydrogen) atoms. The fraction of sp³-hybridized carbons (Fsp3) is 0.385. The Bertz CT molecular complexity index is 570. The maximum atomic E-state index is 5.48. The lowest BCUT2D eigenvalue weighted by Crippen LogP contribution is -2.36. The molecule has 1 aliphatic heterocycles. The first kappa shape index (κ1) is 11.6. The van der Waals surface area contributed by atoms with Crippen LogP contribution in [0.25, 0.3) is 0 Å². The van der Waals surface area contributed by atoms with Crippen LogP contribution in [0.15, 0.2) is 34.9 Å². The first-order valence-corrected chi connectivity index (χ1v) is 6.41. The van der Waals surface area contributed by atoms with E-state index in [0.717, 1.165) is 31.9 Å². The Morgan fingerprint density at radius 2 is 1.89 bits per heavy atom. The monoisotopic (exact) mass is 262 g/mol. The van der Waals surface area contributed by atoms with E-state index in [9.17, 15) is 0 Å². The van der Waals surface area contributed by atoms with E-state index in [-0.39, 0.29) is 10.3 Å². The predicted molar refractivity (Wildman–Crippen MR) is 69.0 cm³/mol. The molecule has 0 atom stereocenters. The van der Waals surface area contributed by atoms with E-state index < -0.39 is 0 Å². The molecule has 0 amide bonds. The number of benzene rings is 1. The summed E-state index contributed by atoms with van der Waals surface area (Å²) in [5.41, 5.74) is 1.06. The van der Waals surface area contributed by atoms with Gasteiger partial charge in [-0.25, -0.2) is 5.16 Å². The van der Waals surface area contributed by atoms with Gasteiger partial charge in [-0.3, -0.25) is 0 Å². The summed E-state index contributed by atoms with van der Waals surface area (Å²) in [6.45, 7) is 1.45. The molecule has 0 bridgehead atoms. The Morgan fingerprint density at radius 1 is 1.17 bits per heavy atom. The lowest BCUT2D eigenvalue weighted by molar-refractivity contribution is 0.0597. The average molecular weight is 262 g/mol.